The molecule has 1 rings (SSSR count). The summed E-state index contributed by atoms with van der Waals surface area (Å²) in [7, 11) is 0. The van der Waals surface area contributed by atoms with Gasteiger partial charge in [-0.25, -0.2) is 0 Å². The van der Waals surface area contributed by atoms with Gasteiger partial charge in [-0.1, -0.05) is 33.6 Å². The van der Waals surface area contributed by atoms with Gasteiger partial charge in [0.25, 0.3) is 0 Å². The van der Waals surface area contributed by atoms with Crippen LogP contribution in [-0.4, -0.2) is 12.6 Å². The Kier molecular flexibility index (Phi) is 7.54. The number of thiophene rings is 1. The molecule has 98 valence electrons. The van der Waals surface area contributed by atoms with Gasteiger partial charge in [-0.05, 0) is 54.1 Å². The first kappa shape index (κ1) is 14.7. The van der Waals surface area contributed by atoms with Gasteiger partial charge in [-0.2, -0.15) is 11.3 Å². The van der Waals surface area contributed by atoms with Gasteiger partial charge in [-0.3, -0.25) is 0 Å². The second kappa shape index (κ2) is 8.71. The molecule has 0 spiro atoms. The minimum atomic E-state index is 0.670. The number of hydrogen-bond acceptors (Lipinski definition) is 2. The van der Waals surface area contributed by atoms with Crippen LogP contribution in [0.1, 0.15) is 52.0 Å². The Morgan fingerprint density at radius 2 is 2.12 bits per heavy atom. The number of hydrogen-bond donors (Lipinski definition) is 1. The highest BCUT2D eigenvalue weighted by atomic mass is 32.1. The van der Waals surface area contributed by atoms with E-state index < -0.39 is 0 Å². The van der Waals surface area contributed by atoms with Gasteiger partial charge in [0.15, 0.2) is 0 Å². The summed E-state index contributed by atoms with van der Waals surface area (Å²) < 4.78 is 0. The van der Waals surface area contributed by atoms with Crippen LogP contribution in [0.2, 0.25) is 0 Å². The molecule has 0 aliphatic heterocycles. The minimum Gasteiger partial charge on any atom is -0.314 e. The molecule has 2 heteroatoms. The predicted molar refractivity (Wildman–Crippen MR) is 78.8 cm³/mol. The van der Waals surface area contributed by atoms with Crippen LogP contribution in [0.5, 0.6) is 0 Å². The Balaban J connectivity index is 2.31. The van der Waals surface area contributed by atoms with E-state index in [-0.39, 0.29) is 0 Å². The lowest BCUT2D eigenvalue weighted by molar-refractivity contribution is 0.435. The summed E-state index contributed by atoms with van der Waals surface area (Å²) in [5, 5.41) is 8.15. The Morgan fingerprint density at radius 1 is 1.29 bits per heavy atom. The highest BCUT2D eigenvalue weighted by molar-refractivity contribution is 7.07. The third kappa shape index (κ3) is 6.85. The molecule has 0 aliphatic carbocycles. The van der Waals surface area contributed by atoms with Crippen molar-refractivity contribution in [2.24, 2.45) is 5.92 Å². The molecule has 1 atom stereocenters. The van der Waals surface area contributed by atoms with Gasteiger partial charge in [0.05, 0.1) is 0 Å². The molecule has 0 saturated carbocycles. The van der Waals surface area contributed by atoms with E-state index in [4.69, 9.17) is 0 Å². The van der Waals surface area contributed by atoms with Crippen LogP contribution in [0.4, 0.5) is 0 Å². The molecule has 1 heterocycles. The van der Waals surface area contributed by atoms with Crippen molar-refractivity contribution in [2.45, 2.75) is 58.9 Å². The first-order valence-electron chi connectivity index (χ1n) is 6.96. The highest BCUT2D eigenvalue weighted by Gasteiger charge is 2.09. The van der Waals surface area contributed by atoms with Crippen molar-refractivity contribution in [1.82, 2.24) is 5.32 Å². The maximum atomic E-state index is 3.69. The van der Waals surface area contributed by atoms with E-state index in [2.05, 4.69) is 42.9 Å². The van der Waals surface area contributed by atoms with Crippen molar-refractivity contribution < 1.29 is 0 Å². The quantitative estimate of drug-likeness (QED) is 0.684. The van der Waals surface area contributed by atoms with Crippen LogP contribution in [0.15, 0.2) is 16.8 Å². The molecule has 1 nitrogen and oxygen atoms in total. The lowest BCUT2D eigenvalue weighted by Crippen LogP contribution is -2.31. The summed E-state index contributed by atoms with van der Waals surface area (Å²) in [6.07, 6.45) is 6.44. The second-order valence-corrected chi connectivity index (χ2v) is 6.09. The molecule has 1 aromatic rings. The zero-order valence-electron chi connectivity index (χ0n) is 11.5. The van der Waals surface area contributed by atoms with Crippen LogP contribution in [0.25, 0.3) is 0 Å². The van der Waals surface area contributed by atoms with Gasteiger partial charge < -0.3 is 5.32 Å². The van der Waals surface area contributed by atoms with Crippen LogP contribution in [-0.2, 0) is 6.42 Å². The molecule has 17 heavy (non-hydrogen) atoms. The summed E-state index contributed by atoms with van der Waals surface area (Å²) >= 11 is 1.81. The topological polar surface area (TPSA) is 12.0 Å². The van der Waals surface area contributed by atoms with Crippen molar-refractivity contribution in [3.8, 4) is 0 Å². The largest absolute Gasteiger partial charge is 0.314 e. The Bertz CT molecular complexity index is 266. The van der Waals surface area contributed by atoms with E-state index in [1.807, 2.05) is 0 Å². The fourth-order valence-corrected chi connectivity index (χ4v) is 2.77. The first-order valence-corrected chi connectivity index (χ1v) is 7.91. The SMILES string of the molecule is CCCNC(CCCC(C)C)Cc1ccsc1. The van der Waals surface area contributed by atoms with Crippen molar-refractivity contribution >= 4 is 11.3 Å². The molecule has 1 aromatic heterocycles. The molecule has 0 saturated heterocycles. The molecule has 1 N–H and O–H groups in total. The Hall–Kier alpha value is -0.340. The molecule has 0 bridgehead atoms. The van der Waals surface area contributed by atoms with Gasteiger partial charge in [-0.15, -0.1) is 0 Å². The van der Waals surface area contributed by atoms with Crippen LogP contribution >= 0.6 is 11.3 Å². The summed E-state index contributed by atoms with van der Waals surface area (Å²) in [5.74, 6) is 0.836. The minimum absolute atomic E-state index is 0.670. The summed E-state index contributed by atoms with van der Waals surface area (Å²) in [6, 6.07) is 2.93. The standard InChI is InChI=1S/C15H27NS/c1-4-9-16-15(7-5-6-13(2)3)11-14-8-10-17-12-14/h8,10,12-13,15-16H,4-7,9,11H2,1-3H3. The Labute approximate surface area is 111 Å². The monoisotopic (exact) mass is 253 g/mol. The third-order valence-electron chi connectivity index (χ3n) is 3.08. The fourth-order valence-electron chi connectivity index (χ4n) is 2.09. The normalized spacial score (nSPS) is 13.2. The van der Waals surface area contributed by atoms with Crippen LogP contribution < -0.4 is 5.32 Å². The van der Waals surface area contributed by atoms with Crippen molar-refractivity contribution in [1.29, 1.82) is 0 Å². The van der Waals surface area contributed by atoms with E-state index in [0.717, 1.165) is 12.5 Å². The van der Waals surface area contributed by atoms with Crippen LogP contribution in [0, 0.1) is 5.92 Å². The van der Waals surface area contributed by atoms with Gasteiger partial charge in [0.1, 0.15) is 0 Å². The highest BCUT2D eigenvalue weighted by Crippen LogP contribution is 2.14. The lowest BCUT2D eigenvalue weighted by atomic mass is 9.99. The van der Waals surface area contributed by atoms with Gasteiger partial charge in [0, 0.05) is 6.04 Å². The molecular weight excluding hydrogens is 226 g/mol. The molecular formula is C15H27NS. The van der Waals surface area contributed by atoms with Gasteiger partial charge >= 0.3 is 0 Å². The van der Waals surface area contributed by atoms with Crippen molar-refractivity contribution in [2.75, 3.05) is 6.54 Å². The fraction of sp³-hybridized carbons (Fsp3) is 0.733. The van der Waals surface area contributed by atoms with Crippen LogP contribution in [0.3, 0.4) is 0 Å². The molecule has 0 aliphatic rings. The van der Waals surface area contributed by atoms with E-state index in [1.54, 1.807) is 11.3 Å². The Morgan fingerprint density at radius 3 is 2.71 bits per heavy atom. The zero-order chi connectivity index (χ0) is 12.5. The lowest BCUT2D eigenvalue weighted by Gasteiger charge is -2.18. The maximum absolute atomic E-state index is 3.69. The maximum Gasteiger partial charge on any atom is 0.0108 e. The van der Waals surface area contributed by atoms with Crippen molar-refractivity contribution in [3.05, 3.63) is 22.4 Å². The van der Waals surface area contributed by atoms with E-state index in [0.29, 0.717) is 6.04 Å². The number of rotatable bonds is 9. The molecule has 0 radical (unpaired) electrons. The smallest absolute Gasteiger partial charge is 0.0108 e. The van der Waals surface area contributed by atoms with E-state index in [1.165, 1.54) is 37.7 Å². The molecule has 0 amide bonds. The summed E-state index contributed by atoms with van der Waals surface area (Å²) in [5.41, 5.74) is 1.49. The first-order chi connectivity index (χ1) is 8.22. The number of nitrogens with one attached hydrogen (secondary N) is 1. The van der Waals surface area contributed by atoms with Crippen molar-refractivity contribution in [3.63, 3.8) is 0 Å². The second-order valence-electron chi connectivity index (χ2n) is 5.31. The third-order valence-corrected chi connectivity index (χ3v) is 3.81. The van der Waals surface area contributed by atoms with E-state index in [9.17, 15) is 0 Å². The zero-order valence-corrected chi connectivity index (χ0v) is 12.4. The van der Waals surface area contributed by atoms with Gasteiger partial charge in [0.2, 0.25) is 0 Å². The molecule has 0 aromatic carbocycles. The average Bonchev–Trinajstić information content (AvgIpc) is 2.78. The predicted octanol–water partition coefficient (Wildman–Crippen LogP) is 4.49. The molecule has 0 fully saturated rings. The molecule has 1 unspecified atom stereocenters. The summed E-state index contributed by atoms with van der Waals surface area (Å²) in [4.78, 5) is 0. The summed E-state index contributed by atoms with van der Waals surface area (Å²) in [6.45, 7) is 8.01. The van der Waals surface area contributed by atoms with E-state index >= 15 is 0 Å². The average molecular weight is 253 g/mol.